The van der Waals surface area contributed by atoms with Crippen molar-refractivity contribution in [3.63, 3.8) is 0 Å². The quantitative estimate of drug-likeness (QED) is 0.204. The van der Waals surface area contributed by atoms with E-state index in [1.54, 1.807) is 6.07 Å². The lowest BCUT2D eigenvalue weighted by Gasteiger charge is -2.36. The van der Waals surface area contributed by atoms with Gasteiger partial charge < -0.3 is 0 Å². The Balaban J connectivity index is 1.39. The summed E-state index contributed by atoms with van der Waals surface area (Å²) in [6.45, 7) is 6.84. The van der Waals surface area contributed by atoms with E-state index in [4.69, 9.17) is 5.26 Å². The van der Waals surface area contributed by atoms with Gasteiger partial charge in [0, 0.05) is 0 Å². The van der Waals surface area contributed by atoms with E-state index < -0.39 is 5.83 Å². The van der Waals surface area contributed by atoms with Crippen molar-refractivity contribution in [1.82, 2.24) is 0 Å². The number of hydrogen-bond donors (Lipinski definition) is 0. The molecule has 0 aliphatic heterocycles. The van der Waals surface area contributed by atoms with Crippen LogP contribution in [0.1, 0.15) is 107 Å². The minimum atomic E-state index is -0.634. The van der Waals surface area contributed by atoms with E-state index in [0.29, 0.717) is 24.2 Å². The number of nitrogens with zero attached hydrogens (tertiary/aromatic N) is 1. The molecule has 32 heavy (non-hydrogen) atoms. The third kappa shape index (κ3) is 7.33. The molecule has 2 aliphatic carbocycles. The average molecular weight is 436 g/mol. The minimum absolute atomic E-state index is 0.634. The normalized spacial score (nSPS) is 26.5. The van der Waals surface area contributed by atoms with Gasteiger partial charge in [-0.1, -0.05) is 56.2 Å². The van der Waals surface area contributed by atoms with Gasteiger partial charge in [0.15, 0.2) is 5.83 Å². The summed E-state index contributed by atoms with van der Waals surface area (Å²) < 4.78 is 13.0. The molecule has 2 aliphatic rings. The van der Waals surface area contributed by atoms with Gasteiger partial charge in [-0.15, -0.1) is 0 Å². The van der Waals surface area contributed by atoms with E-state index >= 15 is 0 Å². The Morgan fingerprint density at radius 3 is 2.22 bits per heavy atom. The van der Waals surface area contributed by atoms with Gasteiger partial charge in [0.25, 0.3) is 0 Å². The average Bonchev–Trinajstić information content (AvgIpc) is 2.84. The van der Waals surface area contributed by atoms with Crippen molar-refractivity contribution < 1.29 is 4.39 Å². The van der Waals surface area contributed by atoms with Crippen molar-refractivity contribution in [2.45, 2.75) is 103 Å². The van der Waals surface area contributed by atoms with Crippen LogP contribution in [0.3, 0.4) is 0 Å². The summed E-state index contributed by atoms with van der Waals surface area (Å²) in [7, 11) is 0. The molecule has 2 heteroatoms. The Kier molecular flexibility index (Phi) is 10.0. The molecule has 1 nitrogen and oxygen atoms in total. The van der Waals surface area contributed by atoms with E-state index in [9.17, 15) is 4.39 Å². The van der Waals surface area contributed by atoms with Crippen LogP contribution in [0, 0.1) is 29.1 Å². The molecule has 0 amide bonds. The SMILES string of the molecule is C=C(C1CCC(CC/C=C(\F)C#N)CC1)C1CCC(c2ccc(CCCCC)cc2)CC1. The summed E-state index contributed by atoms with van der Waals surface area (Å²) in [5.74, 6) is 2.16. The van der Waals surface area contributed by atoms with Gasteiger partial charge in [-0.2, -0.15) is 9.65 Å². The number of rotatable bonds is 10. The van der Waals surface area contributed by atoms with Gasteiger partial charge in [-0.25, -0.2) is 0 Å². The Morgan fingerprint density at radius 1 is 1.00 bits per heavy atom. The van der Waals surface area contributed by atoms with Crippen molar-refractivity contribution in [2.24, 2.45) is 17.8 Å². The zero-order valence-corrected chi connectivity index (χ0v) is 20.1. The largest absolute Gasteiger partial charge is 0.196 e. The molecule has 0 aromatic heterocycles. The molecule has 0 radical (unpaired) electrons. The minimum Gasteiger partial charge on any atom is -0.195 e. The first-order chi connectivity index (χ1) is 15.6. The molecule has 0 unspecified atom stereocenters. The number of unbranched alkanes of at least 4 members (excludes halogenated alkanes) is 2. The predicted octanol–water partition coefficient (Wildman–Crippen LogP) is 9.21. The van der Waals surface area contributed by atoms with E-state index in [2.05, 4.69) is 37.8 Å². The number of benzene rings is 1. The maximum absolute atomic E-state index is 13.0. The maximum Gasteiger partial charge on any atom is 0.196 e. The zero-order chi connectivity index (χ0) is 22.8. The highest BCUT2D eigenvalue weighted by Gasteiger charge is 2.29. The Bertz CT molecular complexity index is 768. The monoisotopic (exact) mass is 435 g/mol. The molecule has 3 rings (SSSR count). The standard InChI is InChI=1S/C30H42FN/c1-3-4-5-7-24-12-16-28(17-13-24)29-20-18-27(19-21-29)23(2)26-14-10-25(11-15-26)8-6-9-30(31)22-32/h9,12-13,16-17,25-27,29H,2-8,10-11,14-15,18-21H2,1H3/b30-9-. The summed E-state index contributed by atoms with van der Waals surface area (Å²) in [5, 5.41) is 8.52. The molecular formula is C30H42FN. The first-order valence-electron chi connectivity index (χ1n) is 13.1. The van der Waals surface area contributed by atoms with Gasteiger partial charge in [-0.3, -0.25) is 0 Å². The second-order valence-electron chi connectivity index (χ2n) is 10.3. The highest BCUT2D eigenvalue weighted by Crippen LogP contribution is 2.44. The van der Waals surface area contributed by atoms with Crippen LogP contribution in [-0.2, 0) is 6.42 Å². The lowest BCUT2D eigenvalue weighted by atomic mass is 9.69. The summed E-state index contributed by atoms with van der Waals surface area (Å²) in [5.41, 5.74) is 4.55. The fourth-order valence-corrected chi connectivity index (χ4v) is 5.98. The molecule has 2 fully saturated rings. The van der Waals surface area contributed by atoms with Gasteiger partial charge in [0.05, 0.1) is 0 Å². The van der Waals surface area contributed by atoms with Gasteiger partial charge in [-0.05, 0) is 118 Å². The zero-order valence-electron chi connectivity index (χ0n) is 20.1. The maximum atomic E-state index is 13.0. The fraction of sp³-hybridized carbons (Fsp3) is 0.633. The molecule has 0 N–H and O–H groups in total. The highest BCUT2D eigenvalue weighted by atomic mass is 19.1. The topological polar surface area (TPSA) is 23.8 Å². The number of hydrogen-bond acceptors (Lipinski definition) is 1. The van der Waals surface area contributed by atoms with Gasteiger partial charge in [0.1, 0.15) is 6.07 Å². The summed E-state index contributed by atoms with van der Waals surface area (Å²) in [6, 6.07) is 11.1. The molecule has 174 valence electrons. The van der Waals surface area contributed by atoms with E-state index in [1.807, 2.05) is 0 Å². The Hall–Kier alpha value is -1.88. The van der Waals surface area contributed by atoms with Crippen LogP contribution in [-0.4, -0.2) is 0 Å². The highest BCUT2D eigenvalue weighted by molar-refractivity contribution is 5.26. The molecule has 0 saturated heterocycles. The first kappa shape index (κ1) is 24.8. The van der Waals surface area contributed by atoms with Crippen LogP contribution in [0.5, 0.6) is 0 Å². The number of halogens is 1. The lowest BCUT2D eigenvalue weighted by molar-refractivity contribution is 0.260. The van der Waals surface area contributed by atoms with Gasteiger partial charge >= 0.3 is 0 Å². The van der Waals surface area contributed by atoms with Crippen LogP contribution in [0.2, 0.25) is 0 Å². The second-order valence-corrected chi connectivity index (χ2v) is 10.3. The lowest BCUT2D eigenvalue weighted by Crippen LogP contribution is -2.22. The molecule has 1 aromatic carbocycles. The van der Waals surface area contributed by atoms with E-state index in [-0.39, 0.29) is 0 Å². The van der Waals surface area contributed by atoms with E-state index in [0.717, 1.165) is 12.3 Å². The molecule has 0 bridgehead atoms. The molecule has 0 heterocycles. The van der Waals surface area contributed by atoms with Crippen LogP contribution >= 0.6 is 0 Å². The molecule has 2 saturated carbocycles. The van der Waals surface area contributed by atoms with Crippen molar-refractivity contribution in [3.05, 3.63) is 59.4 Å². The Labute approximate surface area is 195 Å². The van der Waals surface area contributed by atoms with Crippen LogP contribution in [0.25, 0.3) is 0 Å². The first-order valence-corrected chi connectivity index (χ1v) is 13.1. The fourth-order valence-electron chi connectivity index (χ4n) is 5.98. The van der Waals surface area contributed by atoms with E-state index in [1.165, 1.54) is 99.8 Å². The van der Waals surface area contributed by atoms with Crippen molar-refractivity contribution >= 4 is 0 Å². The van der Waals surface area contributed by atoms with Crippen molar-refractivity contribution in [3.8, 4) is 6.07 Å². The van der Waals surface area contributed by atoms with Crippen LogP contribution in [0.15, 0.2) is 48.3 Å². The number of nitriles is 1. The number of aryl methyl sites for hydroxylation is 1. The Morgan fingerprint density at radius 2 is 1.62 bits per heavy atom. The summed E-state index contributed by atoms with van der Waals surface area (Å²) >= 11 is 0. The summed E-state index contributed by atoms with van der Waals surface area (Å²) in [6.07, 6.45) is 18.4. The second kappa shape index (κ2) is 13.0. The van der Waals surface area contributed by atoms with Gasteiger partial charge in [0.2, 0.25) is 0 Å². The molecule has 0 atom stereocenters. The third-order valence-corrected chi connectivity index (χ3v) is 8.15. The predicted molar refractivity (Wildman–Crippen MR) is 133 cm³/mol. The summed E-state index contributed by atoms with van der Waals surface area (Å²) in [4.78, 5) is 0. The molecule has 1 aromatic rings. The molecule has 0 spiro atoms. The van der Waals surface area contributed by atoms with Crippen molar-refractivity contribution in [2.75, 3.05) is 0 Å². The molecular weight excluding hydrogens is 393 g/mol. The van der Waals surface area contributed by atoms with Crippen LogP contribution in [0.4, 0.5) is 4.39 Å². The van der Waals surface area contributed by atoms with Crippen molar-refractivity contribution in [1.29, 1.82) is 5.26 Å². The smallest absolute Gasteiger partial charge is 0.195 e. The third-order valence-electron chi connectivity index (χ3n) is 8.15. The van der Waals surface area contributed by atoms with Crippen LogP contribution < -0.4 is 0 Å². The number of allylic oxidation sites excluding steroid dienone is 3.